The molecular formula is C19H19F3N4OS. The molecule has 0 unspecified atom stereocenters. The smallest absolute Gasteiger partial charge is 0.339 e. The van der Waals surface area contributed by atoms with Crippen molar-refractivity contribution in [2.24, 2.45) is 0 Å². The van der Waals surface area contributed by atoms with Gasteiger partial charge in [0.2, 0.25) is 0 Å². The first-order valence-corrected chi connectivity index (χ1v) is 9.51. The highest BCUT2D eigenvalue weighted by atomic mass is 32.2. The van der Waals surface area contributed by atoms with Crippen LogP contribution in [0.25, 0.3) is 5.69 Å². The average Bonchev–Trinajstić information content (AvgIpc) is 3.19. The number of hydrogen-bond acceptors (Lipinski definition) is 4. The largest absolute Gasteiger partial charge is 0.406 e. The van der Waals surface area contributed by atoms with Crippen LogP contribution in [0.5, 0.6) is 0 Å². The van der Waals surface area contributed by atoms with Crippen LogP contribution >= 0.6 is 11.8 Å². The Hall–Kier alpha value is -2.55. The van der Waals surface area contributed by atoms with E-state index in [2.05, 4.69) is 10.2 Å². The van der Waals surface area contributed by atoms with E-state index in [1.165, 1.54) is 24.8 Å². The van der Waals surface area contributed by atoms with Gasteiger partial charge in [-0.25, -0.2) is 0 Å². The van der Waals surface area contributed by atoms with Crippen LogP contribution in [-0.4, -0.2) is 37.0 Å². The van der Waals surface area contributed by atoms with Gasteiger partial charge in [0.05, 0.1) is 11.4 Å². The lowest BCUT2D eigenvalue weighted by Crippen LogP contribution is -2.19. The van der Waals surface area contributed by atoms with Crippen LogP contribution in [0.2, 0.25) is 0 Å². The molecule has 0 radical (unpaired) electrons. The van der Waals surface area contributed by atoms with E-state index in [1.807, 2.05) is 31.2 Å². The summed E-state index contributed by atoms with van der Waals surface area (Å²) in [4.78, 5) is 12.6. The first-order chi connectivity index (χ1) is 13.2. The van der Waals surface area contributed by atoms with E-state index >= 15 is 0 Å². The van der Waals surface area contributed by atoms with Crippen LogP contribution < -0.4 is 0 Å². The summed E-state index contributed by atoms with van der Waals surface area (Å²) < 4.78 is 41.2. The molecule has 1 aromatic carbocycles. The third kappa shape index (κ3) is 4.30. The number of ketones is 1. The van der Waals surface area contributed by atoms with Crippen molar-refractivity contribution in [3.05, 3.63) is 59.2 Å². The average molecular weight is 408 g/mol. The Labute approximate surface area is 164 Å². The predicted octanol–water partition coefficient (Wildman–Crippen LogP) is 4.53. The zero-order valence-corrected chi connectivity index (χ0v) is 16.4. The van der Waals surface area contributed by atoms with Crippen molar-refractivity contribution in [3.63, 3.8) is 0 Å². The first kappa shape index (κ1) is 20.2. The molecule has 0 amide bonds. The second-order valence-corrected chi connectivity index (χ2v) is 7.41. The minimum absolute atomic E-state index is 0.0564. The molecule has 0 spiro atoms. The molecule has 2 aromatic heterocycles. The topological polar surface area (TPSA) is 52.7 Å². The lowest BCUT2D eigenvalue weighted by atomic mass is 10.2. The highest BCUT2D eigenvalue weighted by Crippen LogP contribution is 2.26. The summed E-state index contributed by atoms with van der Waals surface area (Å²) in [6.07, 6.45) is -2.77. The van der Waals surface area contributed by atoms with Gasteiger partial charge >= 0.3 is 6.18 Å². The molecule has 0 aliphatic rings. The Morgan fingerprint density at radius 3 is 2.57 bits per heavy atom. The van der Waals surface area contributed by atoms with Crippen LogP contribution in [0.15, 0.2) is 41.8 Å². The molecule has 9 heteroatoms. The minimum Gasteiger partial charge on any atom is -0.339 e. The van der Waals surface area contributed by atoms with Gasteiger partial charge in [0.1, 0.15) is 12.9 Å². The highest BCUT2D eigenvalue weighted by molar-refractivity contribution is 7.99. The molecule has 2 heterocycles. The van der Waals surface area contributed by atoms with Crippen molar-refractivity contribution >= 4 is 17.5 Å². The number of aryl methyl sites for hydroxylation is 2. The molecule has 148 valence electrons. The summed E-state index contributed by atoms with van der Waals surface area (Å²) in [5, 5.41) is 8.53. The molecule has 28 heavy (non-hydrogen) atoms. The minimum atomic E-state index is -4.34. The van der Waals surface area contributed by atoms with E-state index in [4.69, 9.17) is 0 Å². The van der Waals surface area contributed by atoms with Crippen LogP contribution in [-0.2, 0) is 6.54 Å². The van der Waals surface area contributed by atoms with Gasteiger partial charge in [0.15, 0.2) is 10.9 Å². The lowest BCUT2D eigenvalue weighted by molar-refractivity contribution is -0.141. The van der Waals surface area contributed by atoms with Gasteiger partial charge < -0.3 is 4.57 Å². The number of halogens is 3. The van der Waals surface area contributed by atoms with Crippen molar-refractivity contribution in [2.75, 3.05) is 5.75 Å². The monoisotopic (exact) mass is 408 g/mol. The van der Waals surface area contributed by atoms with E-state index in [-0.39, 0.29) is 11.5 Å². The maximum Gasteiger partial charge on any atom is 0.406 e. The fourth-order valence-electron chi connectivity index (χ4n) is 3.04. The number of hydrogen-bond donors (Lipinski definition) is 0. The Kier molecular flexibility index (Phi) is 5.64. The SMILES string of the molecule is Cc1ccccc1-n1cnnc1SCC(=O)c1cc(C)n(CC(F)(F)F)c1C. The highest BCUT2D eigenvalue weighted by Gasteiger charge is 2.30. The van der Waals surface area contributed by atoms with Gasteiger partial charge in [-0.15, -0.1) is 10.2 Å². The lowest BCUT2D eigenvalue weighted by Gasteiger charge is -2.12. The fourth-order valence-corrected chi connectivity index (χ4v) is 3.84. The molecule has 0 bridgehead atoms. The van der Waals surface area contributed by atoms with Gasteiger partial charge in [-0.2, -0.15) is 13.2 Å². The van der Waals surface area contributed by atoms with E-state index in [9.17, 15) is 18.0 Å². The van der Waals surface area contributed by atoms with Gasteiger partial charge in [-0.3, -0.25) is 9.36 Å². The predicted molar refractivity (Wildman–Crippen MR) is 101 cm³/mol. The van der Waals surface area contributed by atoms with Gasteiger partial charge in [0.25, 0.3) is 0 Å². The Morgan fingerprint density at radius 2 is 1.89 bits per heavy atom. The molecule has 3 rings (SSSR count). The molecule has 5 nitrogen and oxygen atoms in total. The fraction of sp³-hybridized carbons (Fsp3) is 0.316. The summed E-state index contributed by atoms with van der Waals surface area (Å²) in [6, 6.07) is 9.23. The first-order valence-electron chi connectivity index (χ1n) is 8.53. The quantitative estimate of drug-likeness (QED) is 0.444. The summed E-state index contributed by atoms with van der Waals surface area (Å²) in [5.74, 6) is -0.188. The third-order valence-electron chi connectivity index (χ3n) is 4.44. The number of aromatic nitrogens is 4. The summed E-state index contributed by atoms with van der Waals surface area (Å²) in [6.45, 7) is 3.96. The Balaban J connectivity index is 1.77. The standard InChI is InChI=1S/C19H19F3N4OS/c1-12-6-4-5-7-16(12)26-11-23-24-18(26)28-9-17(27)15-8-13(2)25(14(15)3)10-19(20,21)22/h4-8,11H,9-10H2,1-3H3. The van der Waals surface area contributed by atoms with E-state index in [0.29, 0.717) is 22.1 Å². The van der Waals surface area contributed by atoms with Crippen molar-refractivity contribution < 1.29 is 18.0 Å². The maximum atomic E-state index is 12.8. The Morgan fingerprint density at radius 1 is 1.18 bits per heavy atom. The van der Waals surface area contributed by atoms with Crippen LogP contribution in [0, 0.1) is 20.8 Å². The molecule has 0 saturated heterocycles. The number of carbonyl (C=O) groups is 1. The second-order valence-electron chi connectivity index (χ2n) is 6.47. The van der Waals surface area contributed by atoms with Crippen molar-refractivity contribution in [2.45, 2.75) is 38.6 Å². The number of rotatable bonds is 6. The van der Waals surface area contributed by atoms with E-state index in [0.717, 1.165) is 15.8 Å². The van der Waals surface area contributed by atoms with Crippen LogP contribution in [0.1, 0.15) is 27.3 Å². The van der Waals surface area contributed by atoms with Crippen LogP contribution in [0.3, 0.4) is 0 Å². The third-order valence-corrected chi connectivity index (χ3v) is 5.38. The number of alkyl halides is 3. The zero-order valence-electron chi connectivity index (χ0n) is 15.6. The number of nitrogens with zero attached hydrogens (tertiary/aromatic N) is 4. The zero-order chi connectivity index (χ0) is 20.5. The number of para-hydroxylation sites is 1. The number of benzene rings is 1. The van der Waals surface area contributed by atoms with Gasteiger partial charge in [-0.05, 0) is 38.5 Å². The molecule has 0 aliphatic carbocycles. The number of thioether (sulfide) groups is 1. The van der Waals surface area contributed by atoms with Crippen molar-refractivity contribution in [3.8, 4) is 5.69 Å². The normalized spacial score (nSPS) is 11.8. The summed E-state index contributed by atoms with van der Waals surface area (Å²) >= 11 is 1.21. The molecule has 3 aromatic rings. The van der Waals surface area contributed by atoms with E-state index < -0.39 is 12.7 Å². The molecular weight excluding hydrogens is 389 g/mol. The number of carbonyl (C=O) groups excluding carboxylic acids is 1. The van der Waals surface area contributed by atoms with Crippen molar-refractivity contribution in [1.82, 2.24) is 19.3 Å². The Bertz CT molecular complexity index is 1010. The molecule has 0 atom stereocenters. The van der Waals surface area contributed by atoms with Gasteiger partial charge in [-0.1, -0.05) is 30.0 Å². The van der Waals surface area contributed by atoms with Crippen molar-refractivity contribution in [1.29, 1.82) is 0 Å². The van der Waals surface area contributed by atoms with Gasteiger partial charge in [0, 0.05) is 17.0 Å². The molecule has 0 fully saturated rings. The van der Waals surface area contributed by atoms with E-state index in [1.54, 1.807) is 17.8 Å². The summed E-state index contributed by atoms with van der Waals surface area (Å²) in [5.41, 5.74) is 2.97. The molecule has 0 saturated carbocycles. The molecule has 0 aliphatic heterocycles. The molecule has 0 N–H and O–H groups in total. The summed E-state index contributed by atoms with van der Waals surface area (Å²) in [7, 11) is 0. The second kappa shape index (κ2) is 7.83. The maximum absolute atomic E-state index is 12.8. The van der Waals surface area contributed by atoms with Crippen LogP contribution in [0.4, 0.5) is 13.2 Å². The number of Topliss-reactive ketones (excluding diaryl/α,β-unsaturated/α-hetero) is 1.